The lowest BCUT2D eigenvalue weighted by atomic mass is 9.79. The zero-order chi connectivity index (χ0) is 46.7. The minimum Gasteiger partial charge on any atom is -0.507 e. The Morgan fingerprint density at radius 1 is 0.524 bits per heavy atom. The van der Waals surface area contributed by atoms with E-state index in [4.69, 9.17) is 14.1 Å². The van der Waals surface area contributed by atoms with E-state index in [0.29, 0.717) is 17.0 Å². The van der Waals surface area contributed by atoms with Crippen LogP contribution in [-0.4, -0.2) is 19.6 Å². The van der Waals surface area contributed by atoms with E-state index in [2.05, 4.69) is 168 Å². The monoisotopic (exact) mass is 824 g/mol. The van der Waals surface area contributed by atoms with E-state index in [1.807, 2.05) is 43.5 Å². The van der Waals surface area contributed by atoms with Crippen molar-refractivity contribution >= 4 is 11.0 Å². The summed E-state index contributed by atoms with van der Waals surface area (Å²) in [5, 5.41) is 12.0. The molecule has 0 spiro atoms. The molecule has 0 saturated heterocycles. The summed E-state index contributed by atoms with van der Waals surface area (Å²) in [5.74, 6) is 0.845. The first-order valence-electron chi connectivity index (χ1n) is 23.2. The molecular weight excluding hydrogens is 767 g/mol. The first-order chi connectivity index (χ1) is 31.3. The third-order valence-corrected chi connectivity index (χ3v) is 12.1. The highest BCUT2D eigenvalue weighted by Gasteiger charge is 2.27. The summed E-state index contributed by atoms with van der Waals surface area (Å²) < 4.78 is 25.8. The van der Waals surface area contributed by atoms with Crippen molar-refractivity contribution in [2.45, 2.75) is 73.1 Å². The van der Waals surface area contributed by atoms with Gasteiger partial charge in [-0.15, -0.1) is 0 Å². The largest absolute Gasteiger partial charge is 0.507 e. The van der Waals surface area contributed by atoms with Crippen molar-refractivity contribution in [2.24, 2.45) is 0 Å². The van der Waals surface area contributed by atoms with Crippen molar-refractivity contribution in [1.29, 1.82) is 0 Å². The lowest BCUT2D eigenvalue weighted by Crippen LogP contribution is -2.14. The Kier molecular flexibility index (Phi) is 9.58. The van der Waals surface area contributed by atoms with Crippen LogP contribution in [0.3, 0.4) is 0 Å². The van der Waals surface area contributed by atoms with E-state index in [1.165, 1.54) is 5.56 Å². The first kappa shape index (κ1) is 37.7. The fraction of sp³-hybridized carbons (Fsp3) is 0.186. The summed E-state index contributed by atoms with van der Waals surface area (Å²) >= 11 is 0. The van der Waals surface area contributed by atoms with Crippen molar-refractivity contribution in [1.82, 2.24) is 14.5 Å². The Labute approximate surface area is 376 Å². The minimum atomic E-state index is -2.17. The van der Waals surface area contributed by atoms with Crippen LogP contribution in [0.25, 0.3) is 83.9 Å². The molecule has 0 aliphatic carbocycles. The second-order valence-electron chi connectivity index (χ2n) is 18.9. The van der Waals surface area contributed by atoms with Gasteiger partial charge in [0, 0.05) is 27.0 Å². The smallest absolute Gasteiger partial charge is 0.149 e. The topological polar surface area (TPSA) is 50.9 Å². The summed E-state index contributed by atoms with van der Waals surface area (Å²) in [6.07, 6.45) is 1.82. The predicted molar refractivity (Wildman–Crippen MR) is 265 cm³/mol. The normalized spacial score (nSPS) is 12.9. The van der Waals surface area contributed by atoms with Gasteiger partial charge in [-0.3, -0.25) is 9.55 Å². The number of aryl methyl sites for hydroxylation is 3. The Morgan fingerprint density at radius 3 is 1.87 bits per heavy atom. The van der Waals surface area contributed by atoms with Crippen LogP contribution in [0.2, 0.25) is 0 Å². The Balaban J connectivity index is 1.33. The molecule has 0 saturated carbocycles. The van der Waals surface area contributed by atoms with Crippen molar-refractivity contribution in [3.05, 3.63) is 192 Å². The molecule has 4 nitrogen and oxygen atoms in total. The maximum Gasteiger partial charge on any atom is 0.149 e. The molecule has 0 bridgehead atoms. The number of pyridine rings is 1. The number of hydrogen-bond acceptors (Lipinski definition) is 3. The van der Waals surface area contributed by atoms with Crippen LogP contribution in [0, 0.1) is 20.7 Å². The second-order valence-corrected chi connectivity index (χ2v) is 18.9. The van der Waals surface area contributed by atoms with Gasteiger partial charge in [0.1, 0.15) is 11.6 Å². The number of nitrogens with zero attached hydrogens (tertiary/aromatic N) is 3. The Morgan fingerprint density at radius 2 is 1.21 bits per heavy atom. The van der Waals surface area contributed by atoms with E-state index in [0.717, 1.165) is 89.2 Å². The number of aromatic hydroxyl groups is 1. The molecule has 312 valence electrons. The average Bonchev–Trinajstić information content (AvgIpc) is 3.69. The average molecular weight is 825 g/mol. The van der Waals surface area contributed by atoms with Gasteiger partial charge >= 0.3 is 0 Å². The zero-order valence-corrected chi connectivity index (χ0v) is 37.4. The molecule has 0 aliphatic rings. The highest BCUT2D eigenvalue weighted by Crippen LogP contribution is 2.45. The molecular formula is C59H55N3O. The van der Waals surface area contributed by atoms with Crippen LogP contribution in [0.4, 0.5) is 0 Å². The van der Waals surface area contributed by atoms with Gasteiger partial charge in [0.15, 0.2) is 0 Å². The molecule has 1 N–H and O–H groups in total. The van der Waals surface area contributed by atoms with Gasteiger partial charge in [0.25, 0.3) is 0 Å². The quantitative estimate of drug-likeness (QED) is 0.174. The Bertz CT molecular complexity index is 3260. The molecule has 63 heavy (non-hydrogen) atoms. The first-order valence-corrected chi connectivity index (χ1v) is 21.7. The fourth-order valence-corrected chi connectivity index (χ4v) is 8.78. The van der Waals surface area contributed by atoms with E-state index in [1.54, 1.807) is 12.1 Å². The van der Waals surface area contributed by atoms with Crippen LogP contribution < -0.4 is 0 Å². The van der Waals surface area contributed by atoms with Crippen LogP contribution >= 0.6 is 0 Å². The van der Waals surface area contributed by atoms with Crippen molar-refractivity contribution in [3.8, 4) is 78.6 Å². The summed E-state index contributed by atoms with van der Waals surface area (Å²) in [4.78, 5) is 10.5. The molecule has 0 amide bonds. The molecule has 2 aromatic heterocycles. The molecule has 9 rings (SSSR count). The number of fused-ring (bicyclic) bond motifs is 1. The molecule has 7 aromatic carbocycles. The SMILES string of the molecule is [2H]C([2H])([2H])c1ccc(-c2ccnc(-c3cc(-c4cccc5c4nc(-c4cc(C)cc(C)c4O)n5-c4cc(-c5ccccc5)c(C(C)(C)C)cc4-c4ccccc4)cc(C(C)(C)C)c3)c2)cc1. The van der Waals surface area contributed by atoms with E-state index in [9.17, 15) is 5.11 Å². The third kappa shape index (κ3) is 7.98. The van der Waals surface area contributed by atoms with Crippen LogP contribution in [-0.2, 0) is 10.8 Å². The number of hydrogen-bond donors (Lipinski definition) is 1. The van der Waals surface area contributed by atoms with E-state index in [-0.39, 0.29) is 16.6 Å². The van der Waals surface area contributed by atoms with Crippen molar-refractivity contribution in [3.63, 3.8) is 0 Å². The molecule has 9 aromatic rings. The zero-order valence-electron chi connectivity index (χ0n) is 40.4. The van der Waals surface area contributed by atoms with Gasteiger partial charge < -0.3 is 5.11 Å². The molecule has 0 atom stereocenters. The number of imidazole rings is 1. The predicted octanol–water partition coefficient (Wildman–Crippen LogP) is 15.6. The molecule has 0 unspecified atom stereocenters. The Hall–Kier alpha value is -7.04. The maximum absolute atomic E-state index is 12.0. The van der Waals surface area contributed by atoms with Gasteiger partial charge in [-0.25, -0.2) is 4.98 Å². The van der Waals surface area contributed by atoms with Gasteiger partial charge in [-0.05, 0) is 136 Å². The van der Waals surface area contributed by atoms with Crippen LogP contribution in [0.5, 0.6) is 5.75 Å². The van der Waals surface area contributed by atoms with Gasteiger partial charge in [0.2, 0.25) is 0 Å². The molecule has 4 heteroatoms. The van der Waals surface area contributed by atoms with E-state index < -0.39 is 6.85 Å². The van der Waals surface area contributed by atoms with Gasteiger partial charge in [0.05, 0.1) is 28.0 Å². The number of aromatic nitrogens is 3. The summed E-state index contributed by atoms with van der Waals surface area (Å²) in [6.45, 7) is 15.3. The number of para-hydroxylation sites is 1. The third-order valence-electron chi connectivity index (χ3n) is 12.1. The second kappa shape index (κ2) is 16.0. The molecule has 0 aliphatic heterocycles. The minimum absolute atomic E-state index is 0.180. The molecule has 2 heterocycles. The van der Waals surface area contributed by atoms with Gasteiger partial charge in [-0.1, -0.05) is 156 Å². The highest BCUT2D eigenvalue weighted by molar-refractivity contribution is 5.98. The number of phenols is 1. The van der Waals surface area contributed by atoms with Gasteiger partial charge in [-0.2, -0.15) is 0 Å². The van der Waals surface area contributed by atoms with Crippen molar-refractivity contribution < 1.29 is 9.22 Å². The molecule has 0 radical (unpaired) electrons. The number of rotatable bonds is 7. The van der Waals surface area contributed by atoms with Crippen LogP contribution in [0.1, 0.15) is 73.5 Å². The standard InChI is InChI=1S/C59H55N3O/c1-37-23-25-40(26-24-37)43-27-28-60-52(34-43)45-31-44(32-46(33-45)58(4,5)6)47-21-16-22-53-55(47)61-57(50-30-38(2)29-39(3)56(50)63)62(53)54-36-48(41-17-12-10-13-18-41)51(59(7,8)9)35-49(54)42-19-14-11-15-20-42/h10-36,63H,1-9H3/i1D3. The summed E-state index contributed by atoms with van der Waals surface area (Å²) in [6, 6.07) is 54.1. The van der Waals surface area contributed by atoms with Crippen molar-refractivity contribution in [2.75, 3.05) is 0 Å². The number of benzene rings is 7. The highest BCUT2D eigenvalue weighted by atomic mass is 16.3. The number of phenolic OH excluding ortho intramolecular Hbond substituents is 1. The lowest BCUT2D eigenvalue weighted by molar-refractivity contribution is 0.472. The summed E-state index contributed by atoms with van der Waals surface area (Å²) in [5.41, 5.74) is 17.4. The van der Waals surface area contributed by atoms with E-state index >= 15 is 0 Å². The molecule has 0 fully saturated rings. The summed E-state index contributed by atoms with van der Waals surface area (Å²) in [7, 11) is 0. The maximum atomic E-state index is 12.0. The fourth-order valence-electron chi connectivity index (χ4n) is 8.78. The van der Waals surface area contributed by atoms with Crippen LogP contribution in [0.15, 0.2) is 164 Å². The lowest BCUT2D eigenvalue weighted by Gasteiger charge is -2.27.